The first-order chi connectivity index (χ1) is 8.74. The highest BCUT2D eigenvalue weighted by Gasteiger charge is 2.09. The van der Waals surface area contributed by atoms with Gasteiger partial charge in [0.15, 0.2) is 0 Å². The molecule has 0 N–H and O–H groups in total. The first-order valence-corrected chi connectivity index (χ1v) is 7.41. The van der Waals surface area contributed by atoms with Crippen LogP contribution in [0.2, 0.25) is 0 Å². The van der Waals surface area contributed by atoms with Crippen molar-refractivity contribution in [3.63, 3.8) is 0 Å². The minimum atomic E-state index is 0.732. The number of allylic oxidation sites excluding steroid dienone is 7. The fourth-order valence-corrected chi connectivity index (χ4v) is 2.16. The van der Waals surface area contributed by atoms with Gasteiger partial charge in [-0.15, -0.1) is 6.58 Å². The lowest BCUT2D eigenvalue weighted by molar-refractivity contribution is 0.526. The van der Waals surface area contributed by atoms with Gasteiger partial charge in [0.2, 0.25) is 0 Å². The molecule has 0 saturated heterocycles. The molecule has 0 heteroatoms. The van der Waals surface area contributed by atoms with Gasteiger partial charge in [0.05, 0.1) is 0 Å². The highest BCUT2D eigenvalue weighted by molar-refractivity contribution is 5.28. The summed E-state index contributed by atoms with van der Waals surface area (Å²) < 4.78 is 0. The zero-order valence-corrected chi connectivity index (χ0v) is 12.7. The summed E-state index contributed by atoms with van der Waals surface area (Å²) in [5, 5.41) is 0. The smallest absolute Gasteiger partial charge is 0.0160 e. The lowest BCUT2D eigenvalue weighted by Gasteiger charge is -2.16. The van der Waals surface area contributed by atoms with Crippen LogP contribution >= 0.6 is 0 Å². The van der Waals surface area contributed by atoms with Crippen LogP contribution in [0.1, 0.15) is 59.8 Å². The van der Waals surface area contributed by atoms with Crippen molar-refractivity contribution in [2.75, 3.05) is 0 Å². The molecule has 0 saturated carbocycles. The van der Waals surface area contributed by atoms with E-state index in [9.17, 15) is 0 Å². The molecule has 0 aromatic rings. The number of hydrogen-bond donors (Lipinski definition) is 0. The maximum atomic E-state index is 3.97. The van der Waals surface area contributed by atoms with Crippen LogP contribution in [-0.2, 0) is 0 Å². The van der Waals surface area contributed by atoms with E-state index in [2.05, 4.69) is 50.8 Å². The zero-order valence-electron chi connectivity index (χ0n) is 12.7. The van der Waals surface area contributed by atoms with Crippen LogP contribution in [0, 0.1) is 5.92 Å². The molecule has 0 aliphatic heterocycles. The number of hydrogen-bond acceptors (Lipinski definition) is 0. The summed E-state index contributed by atoms with van der Waals surface area (Å²) in [4.78, 5) is 0. The van der Waals surface area contributed by atoms with Gasteiger partial charge < -0.3 is 0 Å². The SMILES string of the molecule is C=C(C)CCCC(CC)C1=CCC=CC=C1.CC. The van der Waals surface area contributed by atoms with E-state index in [4.69, 9.17) is 0 Å². The predicted octanol–water partition coefficient (Wildman–Crippen LogP) is 6.23. The van der Waals surface area contributed by atoms with Crippen LogP contribution in [0.4, 0.5) is 0 Å². The molecule has 0 heterocycles. The molecule has 0 aromatic carbocycles. The highest BCUT2D eigenvalue weighted by atomic mass is 14.1. The molecule has 0 aromatic heterocycles. The Kier molecular flexibility index (Phi) is 10.4. The third-order valence-corrected chi connectivity index (χ3v) is 3.15. The van der Waals surface area contributed by atoms with Crippen LogP contribution in [0.25, 0.3) is 0 Å². The molecule has 0 nitrogen and oxygen atoms in total. The largest absolute Gasteiger partial charge is 0.100 e. The quantitative estimate of drug-likeness (QED) is 0.487. The van der Waals surface area contributed by atoms with E-state index in [-0.39, 0.29) is 0 Å². The minimum Gasteiger partial charge on any atom is -0.100 e. The topological polar surface area (TPSA) is 0 Å². The Morgan fingerprint density at radius 1 is 1.33 bits per heavy atom. The van der Waals surface area contributed by atoms with E-state index in [1.54, 1.807) is 0 Å². The Hall–Kier alpha value is -1.04. The van der Waals surface area contributed by atoms with Crippen molar-refractivity contribution in [2.45, 2.75) is 59.8 Å². The molecule has 0 spiro atoms. The normalized spacial score (nSPS) is 15.2. The van der Waals surface area contributed by atoms with E-state index in [0.717, 1.165) is 12.3 Å². The van der Waals surface area contributed by atoms with Gasteiger partial charge in [0.1, 0.15) is 0 Å². The highest BCUT2D eigenvalue weighted by Crippen LogP contribution is 2.25. The summed E-state index contributed by atoms with van der Waals surface area (Å²) in [7, 11) is 0. The summed E-state index contributed by atoms with van der Waals surface area (Å²) in [5.74, 6) is 0.732. The van der Waals surface area contributed by atoms with Gasteiger partial charge in [-0.25, -0.2) is 0 Å². The fourth-order valence-electron chi connectivity index (χ4n) is 2.16. The van der Waals surface area contributed by atoms with Crippen molar-refractivity contribution in [3.05, 3.63) is 48.1 Å². The molecule has 1 rings (SSSR count). The van der Waals surface area contributed by atoms with Crippen molar-refractivity contribution in [2.24, 2.45) is 5.92 Å². The van der Waals surface area contributed by atoms with Gasteiger partial charge in [0.25, 0.3) is 0 Å². The summed E-state index contributed by atoms with van der Waals surface area (Å²) in [6, 6.07) is 0. The van der Waals surface area contributed by atoms with Crippen LogP contribution < -0.4 is 0 Å². The second-order valence-corrected chi connectivity index (χ2v) is 4.68. The minimum absolute atomic E-state index is 0.732. The second kappa shape index (κ2) is 11.1. The molecule has 0 fully saturated rings. The van der Waals surface area contributed by atoms with E-state index in [1.807, 2.05) is 13.8 Å². The monoisotopic (exact) mass is 246 g/mol. The molecule has 0 radical (unpaired) electrons. The Balaban J connectivity index is 0.00000137. The van der Waals surface area contributed by atoms with Gasteiger partial charge in [-0.1, -0.05) is 56.7 Å². The molecule has 0 bridgehead atoms. The van der Waals surface area contributed by atoms with Crippen LogP contribution in [-0.4, -0.2) is 0 Å². The van der Waals surface area contributed by atoms with E-state index < -0.39 is 0 Å². The molecule has 102 valence electrons. The number of rotatable bonds is 6. The van der Waals surface area contributed by atoms with Gasteiger partial charge in [-0.3, -0.25) is 0 Å². The Morgan fingerprint density at radius 2 is 2.06 bits per heavy atom. The zero-order chi connectivity index (χ0) is 13.8. The van der Waals surface area contributed by atoms with Crippen molar-refractivity contribution in [1.29, 1.82) is 0 Å². The van der Waals surface area contributed by atoms with Gasteiger partial charge >= 0.3 is 0 Å². The van der Waals surface area contributed by atoms with Crippen molar-refractivity contribution in [3.8, 4) is 0 Å². The molecule has 1 aliphatic carbocycles. The fraction of sp³-hybridized carbons (Fsp3) is 0.556. The Morgan fingerprint density at radius 3 is 2.67 bits per heavy atom. The molecular formula is C18H30. The molecule has 0 amide bonds. The summed E-state index contributed by atoms with van der Waals surface area (Å²) in [6.07, 6.45) is 17.2. The summed E-state index contributed by atoms with van der Waals surface area (Å²) in [5.41, 5.74) is 2.83. The summed E-state index contributed by atoms with van der Waals surface area (Å²) in [6.45, 7) is 12.4. The second-order valence-electron chi connectivity index (χ2n) is 4.68. The van der Waals surface area contributed by atoms with E-state index >= 15 is 0 Å². The summed E-state index contributed by atoms with van der Waals surface area (Å²) >= 11 is 0. The van der Waals surface area contributed by atoms with E-state index in [0.29, 0.717) is 0 Å². The molecule has 1 unspecified atom stereocenters. The molecule has 1 aliphatic rings. The lowest BCUT2D eigenvalue weighted by atomic mass is 9.89. The van der Waals surface area contributed by atoms with Crippen molar-refractivity contribution in [1.82, 2.24) is 0 Å². The van der Waals surface area contributed by atoms with Crippen LogP contribution in [0.3, 0.4) is 0 Å². The standard InChI is InChI=1S/C16H24.C2H6/c1-4-15(13-9-10-14(2)3)16-11-7-5-6-8-12-16;1-2/h5-7,11-12,15H,2,4,8-10,13H2,1,3H3;1-2H3. The molecule has 18 heavy (non-hydrogen) atoms. The molecular weight excluding hydrogens is 216 g/mol. The average molecular weight is 246 g/mol. The van der Waals surface area contributed by atoms with Gasteiger partial charge in [-0.2, -0.15) is 0 Å². The van der Waals surface area contributed by atoms with Crippen LogP contribution in [0.5, 0.6) is 0 Å². The maximum Gasteiger partial charge on any atom is -0.0160 e. The van der Waals surface area contributed by atoms with Crippen molar-refractivity contribution < 1.29 is 0 Å². The van der Waals surface area contributed by atoms with Crippen LogP contribution in [0.15, 0.2) is 48.1 Å². The predicted molar refractivity (Wildman–Crippen MR) is 84.8 cm³/mol. The third-order valence-electron chi connectivity index (χ3n) is 3.15. The Labute approximate surface area is 114 Å². The first-order valence-electron chi connectivity index (χ1n) is 7.41. The Bertz CT molecular complexity index is 302. The maximum absolute atomic E-state index is 3.97. The average Bonchev–Trinajstić information content (AvgIpc) is 2.65. The van der Waals surface area contributed by atoms with Gasteiger partial charge in [0, 0.05) is 0 Å². The third kappa shape index (κ3) is 7.32. The van der Waals surface area contributed by atoms with Gasteiger partial charge in [-0.05, 0) is 50.5 Å². The van der Waals surface area contributed by atoms with E-state index in [1.165, 1.54) is 36.8 Å². The lowest BCUT2D eigenvalue weighted by Crippen LogP contribution is -2.01. The molecule has 1 atom stereocenters. The van der Waals surface area contributed by atoms with Crippen molar-refractivity contribution >= 4 is 0 Å². The first kappa shape index (κ1) is 17.0.